The smallest absolute Gasteiger partial charge is 0.322 e. The molecule has 1 atom stereocenters. The molecular formula is C17H15F3N2O2. The zero-order chi connectivity index (χ0) is 17.3. The van der Waals surface area contributed by atoms with Crippen LogP contribution in [0.4, 0.5) is 23.7 Å². The molecule has 1 aliphatic heterocycles. The predicted molar refractivity (Wildman–Crippen MR) is 82.0 cm³/mol. The van der Waals surface area contributed by atoms with Gasteiger partial charge in [0.2, 0.25) is 0 Å². The van der Waals surface area contributed by atoms with Crippen molar-refractivity contribution in [3.05, 3.63) is 65.0 Å². The largest absolute Gasteiger partial charge is 0.394 e. The highest BCUT2D eigenvalue weighted by Crippen LogP contribution is 2.30. The van der Waals surface area contributed by atoms with Crippen molar-refractivity contribution in [3.8, 4) is 0 Å². The summed E-state index contributed by atoms with van der Waals surface area (Å²) in [5.41, 5.74) is 1.39. The van der Waals surface area contributed by atoms with Crippen LogP contribution in [-0.2, 0) is 6.42 Å². The van der Waals surface area contributed by atoms with Gasteiger partial charge in [-0.1, -0.05) is 24.3 Å². The van der Waals surface area contributed by atoms with E-state index >= 15 is 0 Å². The molecule has 0 aromatic heterocycles. The van der Waals surface area contributed by atoms with Crippen LogP contribution in [0.2, 0.25) is 0 Å². The Morgan fingerprint density at radius 2 is 1.88 bits per heavy atom. The summed E-state index contributed by atoms with van der Waals surface area (Å²) in [6.07, 6.45) is 0.584. The third-order valence-electron chi connectivity index (χ3n) is 4.10. The molecule has 24 heavy (non-hydrogen) atoms. The Labute approximate surface area is 136 Å². The topological polar surface area (TPSA) is 52.6 Å². The first kappa shape index (κ1) is 16.3. The summed E-state index contributed by atoms with van der Waals surface area (Å²) in [7, 11) is 0. The lowest BCUT2D eigenvalue weighted by atomic mass is 9.93. The first-order valence-corrected chi connectivity index (χ1v) is 7.42. The summed E-state index contributed by atoms with van der Waals surface area (Å²) in [4.78, 5) is 13.8. The molecule has 2 N–H and O–H groups in total. The standard InChI is InChI=1S/C17H15F3N2O2/c18-12-7-14(20)15(8-13(12)19)21-17(24)22-6-5-10-3-1-2-4-11(10)16(22)9-23/h1-4,7-8,16,23H,5-6,9H2,(H,21,24). The molecule has 126 valence electrons. The number of aliphatic hydroxyl groups excluding tert-OH is 1. The first-order chi connectivity index (χ1) is 11.5. The van der Waals surface area contributed by atoms with Gasteiger partial charge in [-0.25, -0.2) is 18.0 Å². The number of halogens is 3. The summed E-state index contributed by atoms with van der Waals surface area (Å²) < 4.78 is 39.9. The first-order valence-electron chi connectivity index (χ1n) is 7.42. The average Bonchev–Trinajstić information content (AvgIpc) is 2.58. The van der Waals surface area contributed by atoms with E-state index in [1.54, 1.807) is 6.07 Å². The molecule has 0 saturated carbocycles. The van der Waals surface area contributed by atoms with Crippen molar-refractivity contribution >= 4 is 11.7 Å². The van der Waals surface area contributed by atoms with Crippen molar-refractivity contribution in [2.45, 2.75) is 12.5 Å². The minimum absolute atomic E-state index is 0.301. The Morgan fingerprint density at radius 3 is 2.62 bits per heavy atom. The molecule has 7 heteroatoms. The van der Waals surface area contributed by atoms with E-state index in [1.165, 1.54) is 4.90 Å². The third kappa shape index (κ3) is 2.94. The van der Waals surface area contributed by atoms with E-state index in [-0.39, 0.29) is 6.61 Å². The highest BCUT2D eigenvalue weighted by molar-refractivity contribution is 5.90. The Bertz CT molecular complexity index is 782. The van der Waals surface area contributed by atoms with Gasteiger partial charge >= 0.3 is 6.03 Å². The van der Waals surface area contributed by atoms with Crippen molar-refractivity contribution in [2.75, 3.05) is 18.5 Å². The maximum atomic E-state index is 13.7. The molecule has 1 unspecified atom stereocenters. The van der Waals surface area contributed by atoms with Crippen LogP contribution >= 0.6 is 0 Å². The molecule has 2 aromatic rings. The van der Waals surface area contributed by atoms with E-state index in [0.717, 1.165) is 11.1 Å². The van der Waals surface area contributed by atoms with Crippen molar-refractivity contribution in [1.29, 1.82) is 0 Å². The minimum atomic E-state index is -1.33. The fraction of sp³-hybridized carbons (Fsp3) is 0.235. The summed E-state index contributed by atoms with van der Waals surface area (Å²) in [6, 6.07) is 7.11. The van der Waals surface area contributed by atoms with Gasteiger partial charge in [-0.2, -0.15) is 0 Å². The number of benzene rings is 2. The van der Waals surface area contributed by atoms with Crippen molar-refractivity contribution in [2.24, 2.45) is 0 Å². The van der Waals surface area contributed by atoms with E-state index in [4.69, 9.17) is 0 Å². The Balaban J connectivity index is 1.84. The van der Waals surface area contributed by atoms with Crippen LogP contribution in [-0.4, -0.2) is 29.2 Å². The van der Waals surface area contributed by atoms with E-state index in [0.29, 0.717) is 25.1 Å². The molecule has 0 fully saturated rings. The van der Waals surface area contributed by atoms with Gasteiger partial charge in [0.1, 0.15) is 5.82 Å². The summed E-state index contributed by atoms with van der Waals surface area (Å²) >= 11 is 0. The molecule has 0 spiro atoms. The number of carbonyl (C=O) groups excluding carboxylic acids is 1. The van der Waals surface area contributed by atoms with E-state index < -0.39 is 35.2 Å². The van der Waals surface area contributed by atoms with Gasteiger partial charge in [-0.3, -0.25) is 0 Å². The number of nitrogens with one attached hydrogen (secondary N) is 1. The van der Waals surface area contributed by atoms with Crippen LogP contribution < -0.4 is 5.32 Å². The van der Waals surface area contributed by atoms with Crippen LogP contribution in [0.25, 0.3) is 0 Å². The third-order valence-corrected chi connectivity index (χ3v) is 4.10. The number of rotatable bonds is 2. The number of carbonyl (C=O) groups is 1. The molecule has 2 aromatic carbocycles. The Hall–Kier alpha value is -2.54. The molecule has 3 rings (SSSR count). The predicted octanol–water partition coefficient (Wildman–Crippen LogP) is 3.23. The van der Waals surface area contributed by atoms with Crippen molar-refractivity contribution in [3.63, 3.8) is 0 Å². The molecule has 4 nitrogen and oxygen atoms in total. The van der Waals surface area contributed by atoms with E-state index in [1.807, 2.05) is 18.2 Å². The highest BCUT2D eigenvalue weighted by atomic mass is 19.2. The average molecular weight is 336 g/mol. The van der Waals surface area contributed by atoms with Crippen molar-refractivity contribution in [1.82, 2.24) is 4.90 Å². The SMILES string of the molecule is O=C(Nc1cc(F)c(F)cc1F)N1CCc2ccccc2C1CO. The lowest BCUT2D eigenvalue weighted by molar-refractivity contribution is 0.135. The fourth-order valence-electron chi connectivity index (χ4n) is 2.90. The van der Waals surface area contributed by atoms with Crippen LogP contribution in [0.1, 0.15) is 17.2 Å². The van der Waals surface area contributed by atoms with Crippen LogP contribution in [0.15, 0.2) is 36.4 Å². The maximum absolute atomic E-state index is 13.7. The molecule has 1 aliphatic rings. The maximum Gasteiger partial charge on any atom is 0.322 e. The molecule has 0 bridgehead atoms. The minimum Gasteiger partial charge on any atom is -0.394 e. The molecule has 1 heterocycles. The Kier molecular flexibility index (Phi) is 4.44. The molecule has 0 aliphatic carbocycles. The lowest BCUT2D eigenvalue weighted by Gasteiger charge is -2.36. The van der Waals surface area contributed by atoms with Gasteiger partial charge in [-0.15, -0.1) is 0 Å². The van der Waals surface area contributed by atoms with Crippen LogP contribution in [0.3, 0.4) is 0 Å². The zero-order valence-electron chi connectivity index (χ0n) is 12.6. The summed E-state index contributed by atoms with van der Waals surface area (Å²) in [5, 5.41) is 11.9. The van der Waals surface area contributed by atoms with Crippen molar-refractivity contribution < 1.29 is 23.1 Å². The zero-order valence-corrected chi connectivity index (χ0v) is 12.6. The number of anilines is 1. The second-order valence-electron chi connectivity index (χ2n) is 5.52. The number of fused-ring (bicyclic) bond motifs is 1. The molecule has 0 saturated heterocycles. The summed E-state index contributed by atoms with van der Waals surface area (Å²) in [5.74, 6) is -3.65. The van der Waals surface area contributed by atoms with Gasteiger partial charge in [0.05, 0.1) is 18.3 Å². The van der Waals surface area contributed by atoms with E-state index in [2.05, 4.69) is 5.32 Å². The normalized spacial score (nSPS) is 16.7. The second kappa shape index (κ2) is 6.52. The number of hydrogen-bond donors (Lipinski definition) is 2. The number of amides is 2. The highest BCUT2D eigenvalue weighted by Gasteiger charge is 2.30. The van der Waals surface area contributed by atoms with Crippen LogP contribution in [0.5, 0.6) is 0 Å². The van der Waals surface area contributed by atoms with Gasteiger partial charge < -0.3 is 15.3 Å². The quantitative estimate of drug-likeness (QED) is 0.828. The lowest BCUT2D eigenvalue weighted by Crippen LogP contribution is -2.44. The number of hydrogen-bond acceptors (Lipinski definition) is 2. The van der Waals surface area contributed by atoms with Gasteiger partial charge in [0.25, 0.3) is 0 Å². The molecule has 2 amide bonds. The van der Waals surface area contributed by atoms with Gasteiger partial charge in [-0.05, 0) is 17.5 Å². The Morgan fingerprint density at radius 1 is 1.17 bits per heavy atom. The van der Waals surface area contributed by atoms with Gasteiger partial charge in [0.15, 0.2) is 11.6 Å². The number of nitrogens with zero attached hydrogens (tertiary/aromatic N) is 1. The number of aliphatic hydroxyl groups is 1. The molecular weight excluding hydrogens is 321 g/mol. The molecule has 0 radical (unpaired) electrons. The number of urea groups is 1. The van der Waals surface area contributed by atoms with Gasteiger partial charge in [0, 0.05) is 18.7 Å². The monoisotopic (exact) mass is 336 g/mol. The second-order valence-corrected chi connectivity index (χ2v) is 5.52. The van der Waals surface area contributed by atoms with E-state index in [9.17, 15) is 23.1 Å². The van der Waals surface area contributed by atoms with Crippen LogP contribution in [0, 0.1) is 17.5 Å². The summed E-state index contributed by atoms with van der Waals surface area (Å²) in [6.45, 7) is 0.0179. The fourth-order valence-corrected chi connectivity index (χ4v) is 2.90.